The summed E-state index contributed by atoms with van der Waals surface area (Å²) in [5, 5.41) is 12.3. The van der Waals surface area contributed by atoms with Crippen LogP contribution in [0.1, 0.15) is 20.8 Å². The average molecular weight is 244 g/mol. The molecule has 5 heteroatoms. The molecule has 0 spiro atoms. The molecular weight excluding hydrogens is 220 g/mol. The summed E-state index contributed by atoms with van der Waals surface area (Å²) in [6.07, 6.45) is 0. The van der Waals surface area contributed by atoms with Gasteiger partial charge in [0, 0.05) is 18.6 Å². The van der Waals surface area contributed by atoms with Gasteiger partial charge in [0.2, 0.25) is 5.91 Å². The summed E-state index contributed by atoms with van der Waals surface area (Å²) in [7, 11) is 0. The second-order valence-electron chi connectivity index (χ2n) is 4.66. The quantitative estimate of drug-likeness (QED) is 0.681. The van der Waals surface area contributed by atoms with Gasteiger partial charge in [0.25, 0.3) is 0 Å². The van der Waals surface area contributed by atoms with Crippen molar-refractivity contribution in [1.29, 1.82) is 0 Å². The van der Waals surface area contributed by atoms with Crippen molar-refractivity contribution in [2.45, 2.75) is 32.9 Å². The molecule has 1 fully saturated rings. The van der Waals surface area contributed by atoms with Gasteiger partial charge in [0.1, 0.15) is 0 Å². The van der Waals surface area contributed by atoms with E-state index in [1.54, 1.807) is 4.90 Å². The van der Waals surface area contributed by atoms with Crippen LogP contribution in [0, 0.1) is 5.92 Å². The third-order valence-electron chi connectivity index (χ3n) is 3.11. The van der Waals surface area contributed by atoms with Gasteiger partial charge in [-0.25, -0.2) is 0 Å². The molecule has 0 saturated carbocycles. The second kappa shape index (κ2) is 6.93. The molecule has 1 amide bonds. The number of aliphatic hydroxyl groups excluding tert-OH is 1. The molecule has 1 aliphatic rings. The van der Waals surface area contributed by atoms with Gasteiger partial charge in [-0.1, -0.05) is 6.92 Å². The van der Waals surface area contributed by atoms with Gasteiger partial charge in [-0.3, -0.25) is 4.79 Å². The molecule has 1 saturated heterocycles. The topological polar surface area (TPSA) is 61.8 Å². The number of nitrogens with one attached hydrogen (secondary N) is 1. The Bertz CT molecular complexity index is 246. The van der Waals surface area contributed by atoms with Crippen molar-refractivity contribution >= 4 is 5.91 Å². The normalized spacial score (nSPS) is 24.3. The van der Waals surface area contributed by atoms with E-state index in [4.69, 9.17) is 9.84 Å². The van der Waals surface area contributed by atoms with E-state index in [0.717, 1.165) is 6.54 Å². The first-order chi connectivity index (χ1) is 8.11. The first kappa shape index (κ1) is 14.4. The van der Waals surface area contributed by atoms with E-state index in [0.29, 0.717) is 19.8 Å². The highest BCUT2D eigenvalue weighted by Crippen LogP contribution is 2.18. The minimum absolute atomic E-state index is 0.00334. The van der Waals surface area contributed by atoms with Crippen molar-refractivity contribution in [2.24, 2.45) is 5.92 Å². The van der Waals surface area contributed by atoms with Crippen LogP contribution in [0.4, 0.5) is 0 Å². The smallest absolute Gasteiger partial charge is 0.229 e. The summed E-state index contributed by atoms with van der Waals surface area (Å²) >= 11 is 0. The van der Waals surface area contributed by atoms with Crippen LogP contribution in [-0.4, -0.2) is 60.9 Å². The Morgan fingerprint density at radius 3 is 2.76 bits per heavy atom. The Morgan fingerprint density at radius 1 is 1.53 bits per heavy atom. The monoisotopic (exact) mass is 244 g/mol. The SMILES string of the molecule is CCNC1COCC1C(=O)N(CCO)C(C)C. The van der Waals surface area contributed by atoms with Gasteiger partial charge in [0.05, 0.1) is 25.7 Å². The molecule has 2 unspecified atom stereocenters. The lowest BCUT2D eigenvalue weighted by atomic mass is 10.0. The van der Waals surface area contributed by atoms with Gasteiger partial charge in [0.15, 0.2) is 0 Å². The molecule has 100 valence electrons. The van der Waals surface area contributed by atoms with Crippen LogP contribution < -0.4 is 5.32 Å². The standard InChI is InChI=1S/C12H24N2O3/c1-4-13-11-8-17-7-10(11)12(16)14(5-6-15)9(2)3/h9-11,13,15H,4-8H2,1-3H3. The summed E-state index contributed by atoms with van der Waals surface area (Å²) in [6, 6.07) is 0.213. The highest BCUT2D eigenvalue weighted by molar-refractivity contribution is 5.80. The van der Waals surface area contributed by atoms with Crippen LogP contribution in [0.25, 0.3) is 0 Å². The number of likely N-dealkylation sites (N-methyl/N-ethyl adjacent to an activating group) is 1. The molecular formula is C12H24N2O3. The Balaban J connectivity index is 2.65. The van der Waals surface area contributed by atoms with Crippen LogP contribution in [-0.2, 0) is 9.53 Å². The molecule has 1 heterocycles. The predicted octanol–water partition coefficient (Wildman–Crippen LogP) is -0.160. The van der Waals surface area contributed by atoms with Crippen molar-refractivity contribution in [3.8, 4) is 0 Å². The number of carbonyl (C=O) groups is 1. The maximum atomic E-state index is 12.4. The van der Waals surface area contributed by atoms with E-state index in [2.05, 4.69) is 5.32 Å². The molecule has 2 N–H and O–H groups in total. The van der Waals surface area contributed by atoms with Crippen LogP contribution in [0.5, 0.6) is 0 Å². The number of rotatable bonds is 6. The fourth-order valence-electron chi connectivity index (χ4n) is 2.20. The zero-order chi connectivity index (χ0) is 12.8. The molecule has 1 aliphatic heterocycles. The Morgan fingerprint density at radius 2 is 2.24 bits per heavy atom. The Kier molecular flexibility index (Phi) is 5.88. The molecule has 5 nitrogen and oxygen atoms in total. The number of hydrogen-bond acceptors (Lipinski definition) is 4. The first-order valence-corrected chi connectivity index (χ1v) is 6.34. The summed E-state index contributed by atoms with van der Waals surface area (Å²) in [6.45, 7) is 8.25. The lowest BCUT2D eigenvalue weighted by molar-refractivity contribution is -0.138. The Labute approximate surface area is 103 Å². The molecule has 0 aromatic rings. The van der Waals surface area contributed by atoms with Gasteiger partial charge in [-0.05, 0) is 20.4 Å². The van der Waals surface area contributed by atoms with Crippen molar-refractivity contribution in [3.63, 3.8) is 0 Å². The Hall–Kier alpha value is -0.650. The fraction of sp³-hybridized carbons (Fsp3) is 0.917. The first-order valence-electron chi connectivity index (χ1n) is 6.34. The number of hydrogen-bond donors (Lipinski definition) is 2. The highest BCUT2D eigenvalue weighted by Gasteiger charge is 2.36. The molecule has 0 bridgehead atoms. The third kappa shape index (κ3) is 3.66. The molecule has 0 aliphatic carbocycles. The molecule has 1 rings (SSSR count). The zero-order valence-corrected chi connectivity index (χ0v) is 11.0. The minimum Gasteiger partial charge on any atom is -0.395 e. The third-order valence-corrected chi connectivity index (χ3v) is 3.11. The van der Waals surface area contributed by atoms with Crippen LogP contribution >= 0.6 is 0 Å². The predicted molar refractivity (Wildman–Crippen MR) is 65.7 cm³/mol. The van der Waals surface area contributed by atoms with Crippen LogP contribution in [0.2, 0.25) is 0 Å². The number of amides is 1. The molecule has 0 aromatic carbocycles. The van der Waals surface area contributed by atoms with Crippen molar-refractivity contribution in [2.75, 3.05) is 32.9 Å². The molecule has 0 radical (unpaired) electrons. The highest BCUT2D eigenvalue weighted by atomic mass is 16.5. The van der Waals surface area contributed by atoms with E-state index < -0.39 is 0 Å². The van der Waals surface area contributed by atoms with E-state index >= 15 is 0 Å². The fourth-order valence-corrected chi connectivity index (χ4v) is 2.20. The van der Waals surface area contributed by atoms with Crippen molar-refractivity contribution in [3.05, 3.63) is 0 Å². The van der Waals surface area contributed by atoms with E-state index in [1.807, 2.05) is 20.8 Å². The van der Waals surface area contributed by atoms with Gasteiger partial charge >= 0.3 is 0 Å². The van der Waals surface area contributed by atoms with Crippen molar-refractivity contribution < 1.29 is 14.6 Å². The minimum atomic E-state index is -0.121. The number of ether oxygens (including phenoxy) is 1. The largest absolute Gasteiger partial charge is 0.395 e. The zero-order valence-electron chi connectivity index (χ0n) is 11.0. The number of nitrogens with zero attached hydrogens (tertiary/aromatic N) is 1. The number of carbonyl (C=O) groups excluding carboxylic acids is 1. The molecule has 2 atom stereocenters. The van der Waals surface area contributed by atoms with Crippen LogP contribution in [0.3, 0.4) is 0 Å². The maximum Gasteiger partial charge on any atom is 0.229 e. The van der Waals surface area contributed by atoms with Gasteiger partial charge < -0.3 is 20.1 Å². The van der Waals surface area contributed by atoms with E-state index in [9.17, 15) is 4.79 Å². The van der Waals surface area contributed by atoms with Crippen LogP contribution in [0.15, 0.2) is 0 Å². The summed E-state index contributed by atoms with van der Waals surface area (Å²) in [5.74, 6) is -0.0404. The van der Waals surface area contributed by atoms with E-state index in [1.165, 1.54) is 0 Å². The van der Waals surface area contributed by atoms with Crippen molar-refractivity contribution in [1.82, 2.24) is 10.2 Å². The average Bonchev–Trinajstić information content (AvgIpc) is 2.73. The van der Waals surface area contributed by atoms with Gasteiger partial charge in [-0.2, -0.15) is 0 Å². The lowest BCUT2D eigenvalue weighted by Crippen LogP contribution is -2.48. The second-order valence-corrected chi connectivity index (χ2v) is 4.66. The summed E-state index contributed by atoms with van der Waals surface area (Å²) in [5.41, 5.74) is 0. The van der Waals surface area contributed by atoms with Gasteiger partial charge in [-0.15, -0.1) is 0 Å². The lowest BCUT2D eigenvalue weighted by Gasteiger charge is -2.30. The molecule has 17 heavy (non-hydrogen) atoms. The molecule has 0 aromatic heterocycles. The number of aliphatic hydroxyl groups is 1. The summed E-state index contributed by atoms with van der Waals surface area (Å²) in [4.78, 5) is 14.1. The van der Waals surface area contributed by atoms with E-state index in [-0.39, 0.29) is 30.5 Å². The summed E-state index contributed by atoms with van der Waals surface area (Å²) < 4.78 is 5.38. The maximum absolute atomic E-state index is 12.4.